The number of nitrogens with one attached hydrogen (secondary N) is 2. The minimum atomic E-state index is -0.577. The van der Waals surface area contributed by atoms with Crippen LogP contribution in [0.5, 0.6) is 5.75 Å². The zero-order valence-electron chi connectivity index (χ0n) is 20.4. The number of nitrogens with zero attached hydrogens (tertiary/aromatic N) is 4. The van der Waals surface area contributed by atoms with Gasteiger partial charge in [-0.3, -0.25) is 0 Å². The minimum absolute atomic E-state index is 0.0620. The fraction of sp³-hybridized carbons (Fsp3) is 0.269. The molecule has 196 valence electrons. The summed E-state index contributed by atoms with van der Waals surface area (Å²) in [5, 5.41) is 4.28. The van der Waals surface area contributed by atoms with Crippen LogP contribution < -0.4 is 10.1 Å². The molecule has 0 bridgehead atoms. The van der Waals surface area contributed by atoms with E-state index in [1.54, 1.807) is 29.3 Å². The summed E-state index contributed by atoms with van der Waals surface area (Å²) in [6.45, 7) is 1.41. The van der Waals surface area contributed by atoms with Crippen LogP contribution in [0.15, 0.2) is 48.9 Å². The Balaban J connectivity index is 1.21. The third-order valence-corrected chi connectivity index (χ3v) is 6.51. The fourth-order valence-corrected chi connectivity index (χ4v) is 4.52. The maximum absolute atomic E-state index is 14.5. The van der Waals surface area contributed by atoms with Crippen molar-refractivity contribution in [3.63, 3.8) is 0 Å². The largest absolute Gasteiger partial charge is 0.465 e. The van der Waals surface area contributed by atoms with Crippen LogP contribution in [0, 0.1) is 11.7 Å². The van der Waals surface area contributed by atoms with Crippen molar-refractivity contribution < 1.29 is 23.5 Å². The van der Waals surface area contributed by atoms with Crippen LogP contribution in [0.25, 0.3) is 22.4 Å². The molecule has 1 fully saturated rings. The van der Waals surface area contributed by atoms with E-state index in [1.807, 2.05) is 0 Å². The van der Waals surface area contributed by atoms with E-state index in [1.165, 1.54) is 25.4 Å². The SMILES string of the molecule is COC(=O)c1ccc(OC(=O)N2CCCC(CNc3nc(-c4c[nH]c5ncc(Cl)cc45)ncc3F)C2)cc1. The summed E-state index contributed by atoms with van der Waals surface area (Å²) in [6.07, 6.45) is 5.52. The molecule has 1 aliphatic rings. The molecule has 0 saturated carbocycles. The number of methoxy groups -OCH3 is 1. The molecule has 1 aliphatic heterocycles. The number of H-pyrrole nitrogens is 1. The first kappa shape index (κ1) is 25.4. The molecule has 12 heteroatoms. The maximum Gasteiger partial charge on any atom is 0.415 e. The Morgan fingerprint density at radius 2 is 2.05 bits per heavy atom. The number of benzene rings is 1. The van der Waals surface area contributed by atoms with Crippen molar-refractivity contribution in [1.82, 2.24) is 24.8 Å². The Hall–Kier alpha value is -4.25. The summed E-state index contributed by atoms with van der Waals surface area (Å²) in [6, 6.07) is 7.89. The lowest BCUT2D eigenvalue weighted by molar-refractivity contribution is 0.0600. The molecule has 3 aromatic heterocycles. The summed E-state index contributed by atoms with van der Waals surface area (Å²) in [5.41, 5.74) is 1.64. The molecule has 0 spiro atoms. The van der Waals surface area contributed by atoms with Gasteiger partial charge in [0, 0.05) is 43.0 Å². The van der Waals surface area contributed by atoms with Gasteiger partial charge in [0.05, 0.1) is 23.9 Å². The van der Waals surface area contributed by atoms with Crippen LogP contribution in [-0.2, 0) is 4.74 Å². The molecule has 38 heavy (non-hydrogen) atoms. The number of hydrogen-bond acceptors (Lipinski definition) is 8. The average molecular weight is 539 g/mol. The number of anilines is 1. The van der Waals surface area contributed by atoms with Crippen LogP contribution in [-0.4, -0.2) is 63.6 Å². The van der Waals surface area contributed by atoms with Gasteiger partial charge in [-0.2, -0.15) is 0 Å². The fourth-order valence-electron chi connectivity index (χ4n) is 4.36. The highest BCUT2D eigenvalue weighted by molar-refractivity contribution is 6.31. The van der Waals surface area contributed by atoms with E-state index in [2.05, 4.69) is 30.0 Å². The van der Waals surface area contributed by atoms with Gasteiger partial charge in [0.15, 0.2) is 17.5 Å². The molecular formula is C26H24ClFN6O4. The maximum atomic E-state index is 14.5. The van der Waals surface area contributed by atoms with E-state index in [4.69, 9.17) is 16.3 Å². The number of carbonyl (C=O) groups is 2. The second kappa shape index (κ2) is 11.0. The Morgan fingerprint density at radius 3 is 2.84 bits per heavy atom. The zero-order chi connectivity index (χ0) is 26.6. The van der Waals surface area contributed by atoms with Gasteiger partial charge in [0.1, 0.15) is 11.4 Å². The van der Waals surface area contributed by atoms with Crippen molar-refractivity contribution in [1.29, 1.82) is 0 Å². The number of carbonyl (C=O) groups excluding carboxylic acids is 2. The number of ether oxygens (including phenoxy) is 2. The van der Waals surface area contributed by atoms with Crippen molar-refractivity contribution in [2.45, 2.75) is 12.8 Å². The Labute approximate surface area is 222 Å². The lowest BCUT2D eigenvalue weighted by atomic mass is 9.98. The molecule has 4 aromatic rings. The number of amides is 1. The van der Waals surface area contributed by atoms with Gasteiger partial charge in [-0.05, 0) is 49.1 Å². The highest BCUT2D eigenvalue weighted by Gasteiger charge is 2.25. The van der Waals surface area contributed by atoms with Gasteiger partial charge in [-0.25, -0.2) is 28.9 Å². The predicted octanol–water partition coefficient (Wildman–Crippen LogP) is 4.92. The molecule has 1 aromatic carbocycles. The molecule has 1 unspecified atom stereocenters. The topological polar surface area (TPSA) is 122 Å². The van der Waals surface area contributed by atoms with E-state index >= 15 is 0 Å². The minimum Gasteiger partial charge on any atom is -0.465 e. The molecule has 4 heterocycles. The number of likely N-dealkylation sites (tertiary alicyclic amines) is 1. The lowest BCUT2D eigenvalue weighted by Crippen LogP contribution is -2.43. The second-order valence-corrected chi connectivity index (χ2v) is 9.30. The number of piperidine rings is 1. The number of rotatable bonds is 6. The number of hydrogen-bond donors (Lipinski definition) is 2. The first-order valence-corrected chi connectivity index (χ1v) is 12.3. The summed E-state index contributed by atoms with van der Waals surface area (Å²) >= 11 is 6.09. The smallest absolute Gasteiger partial charge is 0.415 e. The van der Waals surface area contributed by atoms with Crippen LogP contribution in [0.1, 0.15) is 23.2 Å². The molecule has 10 nitrogen and oxygen atoms in total. The van der Waals surface area contributed by atoms with E-state index in [9.17, 15) is 14.0 Å². The molecule has 0 radical (unpaired) electrons. The van der Waals surface area contributed by atoms with Crippen molar-refractivity contribution in [2.24, 2.45) is 5.92 Å². The number of halogens is 2. The van der Waals surface area contributed by atoms with Crippen molar-refractivity contribution in [3.05, 3.63) is 65.3 Å². The molecule has 1 atom stereocenters. The van der Waals surface area contributed by atoms with E-state index in [0.29, 0.717) is 53.0 Å². The van der Waals surface area contributed by atoms with Gasteiger partial charge in [-0.15, -0.1) is 0 Å². The quantitative estimate of drug-likeness (QED) is 0.332. The number of aromatic amines is 1. The Kier molecular flexibility index (Phi) is 7.36. The third kappa shape index (κ3) is 5.52. The molecule has 2 N–H and O–H groups in total. The lowest BCUT2D eigenvalue weighted by Gasteiger charge is -2.32. The van der Waals surface area contributed by atoms with Crippen molar-refractivity contribution in [3.8, 4) is 17.1 Å². The van der Waals surface area contributed by atoms with Crippen LogP contribution in [0.2, 0.25) is 5.02 Å². The van der Waals surface area contributed by atoms with E-state index < -0.39 is 17.9 Å². The first-order valence-electron chi connectivity index (χ1n) is 12.0. The Bertz CT molecular complexity index is 1480. The summed E-state index contributed by atoms with van der Waals surface area (Å²) < 4.78 is 24.7. The van der Waals surface area contributed by atoms with E-state index in [-0.39, 0.29) is 11.7 Å². The molecule has 1 saturated heterocycles. The number of aromatic nitrogens is 4. The van der Waals surface area contributed by atoms with Gasteiger partial charge >= 0.3 is 12.1 Å². The molecule has 5 rings (SSSR count). The number of esters is 1. The van der Waals surface area contributed by atoms with Gasteiger partial charge in [0.25, 0.3) is 0 Å². The van der Waals surface area contributed by atoms with Gasteiger partial charge < -0.3 is 24.7 Å². The molecule has 0 aliphatic carbocycles. The van der Waals surface area contributed by atoms with E-state index in [0.717, 1.165) is 24.4 Å². The summed E-state index contributed by atoms with van der Waals surface area (Å²) in [7, 11) is 1.30. The summed E-state index contributed by atoms with van der Waals surface area (Å²) in [5.74, 6) is -0.253. The zero-order valence-corrected chi connectivity index (χ0v) is 21.2. The number of fused-ring (bicyclic) bond motifs is 1. The standard InChI is InChI=1S/C26H24ClFN6O4/c1-37-25(35)16-4-6-18(7-5-16)38-26(36)34-8-2-3-15(14-34)10-29-24-21(28)13-32-23(33-24)20-12-31-22-19(20)9-17(27)11-30-22/h4-7,9,11-13,15H,2-3,8,10,14H2,1H3,(H,30,31)(H,29,32,33). The highest BCUT2D eigenvalue weighted by atomic mass is 35.5. The molecule has 1 amide bonds. The second-order valence-electron chi connectivity index (χ2n) is 8.86. The first-order chi connectivity index (χ1) is 18.4. The van der Waals surface area contributed by atoms with Crippen LogP contribution in [0.3, 0.4) is 0 Å². The van der Waals surface area contributed by atoms with Crippen LogP contribution >= 0.6 is 11.6 Å². The van der Waals surface area contributed by atoms with Gasteiger partial charge in [0.2, 0.25) is 0 Å². The third-order valence-electron chi connectivity index (χ3n) is 6.30. The van der Waals surface area contributed by atoms with Crippen LogP contribution in [0.4, 0.5) is 15.0 Å². The van der Waals surface area contributed by atoms with Crippen molar-refractivity contribution in [2.75, 3.05) is 32.1 Å². The Morgan fingerprint density at radius 1 is 1.24 bits per heavy atom. The average Bonchev–Trinajstić information content (AvgIpc) is 3.35. The van der Waals surface area contributed by atoms with Gasteiger partial charge in [-0.1, -0.05) is 11.6 Å². The number of pyridine rings is 1. The van der Waals surface area contributed by atoms with Crippen molar-refractivity contribution >= 4 is 40.5 Å². The highest BCUT2D eigenvalue weighted by Crippen LogP contribution is 2.28. The molecular weight excluding hydrogens is 515 g/mol. The summed E-state index contributed by atoms with van der Waals surface area (Å²) in [4.78, 5) is 41.7. The normalized spacial score (nSPS) is 15.3. The monoisotopic (exact) mass is 538 g/mol. The predicted molar refractivity (Wildman–Crippen MR) is 139 cm³/mol.